The molecule has 19 heavy (non-hydrogen) atoms. The average Bonchev–Trinajstić information content (AvgIpc) is 2.61. The van der Waals surface area contributed by atoms with E-state index in [1.807, 2.05) is 0 Å². The van der Waals surface area contributed by atoms with Gasteiger partial charge in [-0.1, -0.05) is 6.42 Å². The minimum absolute atomic E-state index is 0.162. The van der Waals surface area contributed by atoms with E-state index in [-0.39, 0.29) is 6.04 Å². The molecule has 2 aliphatic heterocycles. The molecule has 0 aromatic heterocycles. The summed E-state index contributed by atoms with van der Waals surface area (Å²) >= 11 is 0. The molecule has 0 unspecified atom stereocenters. The molecular weight excluding hydrogens is 238 g/mol. The van der Waals surface area contributed by atoms with E-state index in [9.17, 15) is 4.79 Å². The normalized spacial score (nSPS) is 31.2. The number of likely N-dealkylation sites (N-methyl/N-ethyl adjacent to an activating group) is 1. The summed E-state index contributed by atoms with van der Waals surface area (Å²) < 4.78 is 0. The van der Waals surface area contributed by atoms with Crippen LogP contribution in [0.2, 0.25) is 0 Å². The summed E-state index contributed by atoms with van der Waals surface area (Å²) in [5.74, 6) is 0.385. The van der Waals surface area contributed by atoms with E-state index >= 15 is 0 Å². The van der Waals surface area contributed by atoms with E-state index in [4.69, 9.17) is 0 Å². The molecule has 1 amide bonds. The Balaban J connectivity index is 1.55. The first kappa shape index (κ1) is 13.4. The maximum atomic E-state index is 12.6. The molecule has 4 nitrogen and oxygen atoms in total. The zero-order valence-corrected chi connectivity index (χ0v) is 12.2. The number of likely N-dealkylation sites (tertiary alicyclic amines) is 1. The van der Waals surface area contributed by atoms with E-state index in [1.54, 1.807) is 0 Å². The Morgan fingerprint density at radius 2 is 1.74 bits per heavy atom. The highest BCUT2D eigenvalue weighted by Gasteiger charge is 2.33. The lowest BCUT2D eigenvalue weighted by Crippen LogP contribution is -2.46. The summed E-state index contributed by atoms with van der Waals surface area (Å²) in [6.45, 7) is 5.27. The molecular formula is C15H27N3O. The summed E-state index contributed by atoms with van der Waals surface area (Å²) in [6, 6.07) is 0.986. The molecule has 3 rings (SSSR count). The van der Waals surface area contributed by atoms with E-state index in [1.165, 1.54) is 32.2 Å². The Morgan fingerprint density at radius 1 is 0.895 bits per heavy atom. The number of nitrogens with zero attached hydrogens (tertiary/aromatic N) is 3. The molecule has 0 aromatic carbocycles. The van der Waals surface area contributed by atoms with Crippen LogP contribution in [-0.2, 0) is 4.79 Å². The van der Waals surface area contributed by atoms with Gasteiger partial charge >= 0.3 is 0 Å². The summed E-state index contributed by atoms with van der Waals surface area (Å²) in [5, 5.41) is 0. The molecule has 1 atom stereocenters. The van der Waals surface area contributed by atoms with E-state index in [0.29, 0.717) is 5.91 Å². The minimum atomic E-state index is 0.162. The number of carbonyl (C=O) groups excluding carboxylic acids is 1. The van der Waals surface area contributed by atoms with Crippen molar-refractivity contribution >= 4 is 5.91 Å². The number of hydrogen-bond acceptors (Lipinski definition) is 3. The molecule has 4 heteroatoms. The Labute approximate surface area is 116 Å². The zero-order valence-electron chi connectivity index (χ0n) is 12.2. The van der Waals surface area contributed by atoms with Crippen LogP contribution in [0.15, 0.2) is 0 Å². The highest BCUT2D eigenvalue weighted by atomic mass is 16.2. The van der Waals surface area contributed by atoms with Crippen LogP contribution in [-0.4, -0.2) is 72.5 Å². The van der Waals surface area contributed by atoms with Crippen molar-refractivity contribution in [2.45, 2.75) is 50.6 Å². The molecule has 1 aliphatic carbocycles. The molecule has 2 heterocycles. The minimum Gasteiger partial charge on any atom is -0.340 e. The number of hydrogen-bond donors (Lipinski definition) is 0. The largest absolute Gasteiger partial charge is 0.340 e. The fraction of sp³-hybridized carbons (Fsp3) is 0.933. The smallest absolute Gasteiger partial charge is 0.239 e. The second kappa shape index (κ2) is 5.80. The van der Waals surface area contributed by atoms with Crippen LogP contribution in [0.5, 0.6) is 0 Å². The van der Waals surface area contributed by atoms with Gasteiger partial charge in [0.15, 0.2) is 0 Å². The van der Waals surface area contributed by atoms with Crippen LogP contribution in [0.25, 0.3) is 0 Å². The molecule has 0 aromatic rings. The van der Waals surface area contributed by atoms with Gasteiger partial charge in [-0.25, -0.2) is 0 Å². The summed E-state index contributed by atoms with van der Waals surface area (Å²) in [5.41, 5.74) is 0. The van der Waals surface area contributed by atoms with Crippen LogP contribution in [0.3, 0.4) is 0 Å². The third-order valence-corrected chi connectivity index (χ3v) is 5.24. The van der Waals surface area contributed by atoms with Crippen molar-refractivity contribution in [3.8, 4) is 0 Å². The standard InChI is InChI=1S/C15H27N3O/c1-16-8-3-7-14(16)15(19)18-10-4-9-17(11-12-18)13-5-2-6-13/h13-14H,2-12H2,1H3/t14-/m1/s1. The van der Waals surface area contributed by atoms with Gasteiger partial charge in [-0.2, -0.15) is 0 Å². The van der Waals surface area contributed by atoms with Crippen LogP contribution in [0.1, 0.15) is 38.5 Å². The monoisotopic (exact) mass is 265 g/mol. The summed E-state index contributed by atoms with van der Waals surface area (Å²) in [4.78, 5) is 19.6. The quantitative estimate of drug-likeness (QED) is 0.750. The van der Waals surface area contributed by atoms with Gasteiger partial charge in [0.2, 0.25) is 5.91 Å². The average molecular weight is 265 g/mol. The Kier molecular flexibility index (Phi) is 4.08. The van der Waals surface area contributed by atoms with Gasteiger partial charge in [0.1, 0.15) is 0 Å². The zero-order chi connectivity index (χ0) is 13.2. The summed E-state index contributed by atoms with van der Waals surface area (Å²) in [6.07, 6.45) is 7.53. The Bertz CT molecular complexity index is 329. The van der Waals surface area contributed by atoms with Crippen LogP contribution in [0.4, 0.5) is 0 Å². The van der Waals surface area contributed by atoms with Gasteiger partial charge in [-0.05, 0) is 45.7 Å². The lowest BCUT2D eigenvalue weighted by atomic mass is 9.91. The highest BCUT2D eigenvalue weighted by Crippen LogP contribution is 2.26. The van der Waals surface area contributed by atoms with E-state index < -0.39 is 0 Å². The van der Waals surface area contributed by atoms with Gasteiger partial charge in [0, 0.05) is 32.2 Å². The maximum Gasteiger partial charge on any atom is 0.239 e. The molecule has 3 fully saturated rings. The topological polar surface area (TPSA) is 26.8 Å². The first-order valence-corrected chi connectivity index (χ1v) is 7.99. The molecule has 108 valence electrons. The second-order valence-electron chi connectivity index (χ2n) is 6.44. The molecule has 0 bridgehead atoms. The van der Waals surface area contributed by atoms with E-state index in [2.05, 4.69) is 21.7 Å². The Morgan fingerprint density at radius 3 is 2.37 bits per heavy atom. The lowest BCUT2D eigenvalue weighted by Gasteiger charge is -2.36. The van der Waals surface area contributed by atoms with Crippen molar-refractivity contribution < 1.29 is 4.79 Å². The van der Waals surface area contributed by atoms with Gasteiger partial charge in [0.25, 0.3) is 0 Å². The number of amides is 1. The molecule has 1 saturated carbocycles. The first-order chi connectivity index (χ1) is 9.25. The summed E-state index contributed by atoms with van der Waals surface area (Å²) in [7, 11) is 2.09. The molecule has 3 aliphatic rings. The van der Waals surface area contributed by atoms with E-state index in [0.717, 1.165) is 45.1 Å². The fourth-order valence-electron chi connectivity index (χ4n) is 3.71. The van der Waals surface area contributed by atoms with Gasteiger partial charge in [0.05, 0.1) is 6.04 Å². The highest BCUT2D eigenvalue weighted by molar-refractivity contribution is 5.82. The van der Waals surface area contributed by atoms with Crippen molar-refractivity contribution in [3.63, 3.8) is 0 Å². The van der Waals surface area contributed by atoms with Crippen LogP contribution < -0.4 is 0 Å². The second-order valence-corrected chi connectivity index (χ2v) is 6.44. The van der Waals surface area contributed by atoms with Crippen molar-refractivity contribution in [2.24, 2.45) is 0 Å². The lowest BCUT2D eigenvalue weighted by molar-refractivity contribution is -0.135. The Hall–Kier alpha value is -0.610. The first-order valence-electron chi connectivity index (χ1n) is 7.99. The maximum absolute atomic E-state index is 12.6. The molecule has 0 N–H and O–H groups in total. The molecule has 0 radical (unpaired) electrons. The van der Waals surface area contributed by atoms with Gasteiger partial charge in [-0.3, -0.25) is 14.6 Å². The van der Waals surface area contributed by atoms with Crippen molar-refractivity contribution in [2.75, 3.05) is 39.8 Å². The fourth-order valence-corrected chi connectivity index (χ4v) is 3.71. The van der Waals surface area contributed by atoms with Crippen molar-refractivity contribution in [1.82, 2.24) is 14.7 Å². The van der Waals surface area contributed by atoms with Gasteiger partial charge in [-0.15, -0.1) is 0 Å². The van der Waals surface area contributed by atoms with Crippen molar-refractivity contribution in [3.05, 3.63) is 0 Å². The van der Waals surface area contributed by atoms with Crippen LogP contribution in [0, 0.1) is 0 Å². The van der Waals surface area contributed by atoms with Gasteiger partial charge < -0.3 is 4.90 Å². The SMILES string of the molecule is CN1CCC[C@@H]1C(=O)N1CCCN(C2CCC2)CC1. The predicted molar refractivity (Wildman–Crippen MR) is 76.1 cm³/mol. The molecule has 0 spiro atoms. The third-order valence-electron chi connectivity index (χ3n) is 5.24. The predicted octanol–water partition coefficient (Wildman–Crippen LogP) is 1.17. The molecule has 2 saturated heterocycles. The number of carbonyl (C=O) groups is 1. The van der Waals surface area contributed by atoms with Crippen molar-refractivity contribution in [1.29, 1.82) is 0 Å². The number of rotatable bonds is 2. The third kappa shape index (κ3) is 2.79. The van der Waals surface area contributed by atoms with Crippen LogP contribution >= 0.6 is 0 Å².